The van der Waals surface area contributed by atoms with Crippen molar-refractivity contribution in [3.8, 4) is 11.5 Å². The number of phenols is 2. The van der Waals surface area contributed by atoms with Gasteiger partial charge in [0.2, 0.25) is 10.0 Å². The zero-order valence-corrected chi connectivity index (χ0v) is 19.3. The van der Waals surface area contributed by atoms with E-state index in [1.54, 1.807) is 38.1 Å². The molecule has 33 heavy (non-hydrogen) atoms. The van der Waals surface area contributed by atoms with Gasteiger partial charge < -0.3 is 14.9 Å². The van der Waals surface area contributed by atoms with Gasteiger partial charge in [-0.15, -0.1) is 10.2 Å². The predicted molar refractivity (Wildman–Crippen MR) is 124 cm³/mol. The first-order chi connectivity index (χ1) is 15.5. The molecule has 0 atom stereocenters. The Balaban J connectivity index is 2.07. The summed E-state index contributed by atoms with van der Waals surface area (Å²) in [5, 5.41) is 29.8. The van der Waals surface area contributed by atoms with E-state index in [2.05, 4.69) is 15.0 Å². The number of fused-ring (bicyclic) bond motifs is 1. The number of methoxy groups -OCH3 is 1. The van der Waals surface area contributed by atoms with Gasteiger partial charge in [0.15, 0.2) is 0 Å². The number of nitrogens with zero attached hydrogens (tertiary/aromatic N) is 3. The molecule has 0 saturated heterocycles. The average molecular weight is 473 g/mol. The zero-order chi connectivity index (χ0) is 24.3. The van der Waals surface area contributed by atoms with Crippen molar-refractivity contribution in [1.29, 1.82) is 0 Å². The Labute approximate surface area is 191 Å². The summed E-state index contributed by atoms with van der Waals surface area (Å²) in [6.07, 6.45) is -0.573. The van der Waals surface area contributed by atoms with Crippen LogP contribution in [0.4, 0.5) is 21.9 Å². The minimum Gasteiger partial charge on any atom is -0.506 e. The van der Waals surface area contributed by atoms with Crippen LogP contribution in [0.3, 0.4) is 0 Å². The number of ether oxygens (including phenoxy) is 1. The molecule has 0 saturated carbocycles. The van der Waals surface area contributed by atoms with Gasteiger partial charge in [0.1, 0.15) is 22.9 Å². The number of nitrogens with one attached hydrogen (secondary N) is 1. The van der Waals surface area contributed by atoms with Crippen LogP contribution in [0.15, 0.2) is 63.7 Å². The second-order valence-electron chi connectivity index (χ2n) is 7.49. The second kappa shape index (κ2) is 9.43. The van der Waals surface area contributed by atoms with Gasteiger partial charge in [-0.2, -0.15) is 0 Å². The third-order valence-corrected chi connectivity index (χ3v) is 6.35. The lowest BCUT2D eigenvalue weighted by atomic mass is 10.1. The number of rotatable bonds is 6. The molecule has 3 rings (SSSR count). The van der Waals surface area contributed by atoms with Crippen LogP contribution >= 0.6 is 0 Å². The van der Waals surface area contributed by atoms with Crippen LogP contribution < -0.4 is 9.62 Å². The smallest absolute Gasteiger partial charge is 0.413 e. The van der Waals surface area contributed by atoms with E-state index in [-0.39, 0.29) is 33.8 Å². The van der Waals surface area contributed by atoms with Crippen LogP contribution in [-0.2, 0) is 14.8 Å². The molecule has 0 unspecified atom stereocenters. The molecule has 3 N–H and O–H groups in total. The molecule has 0 heterocycles. The van der Waals surface area contributed by atoms with Gasteiger partial charge in [-0.3, -0.25) is 4.90 Å². The van der Waals surface area contributed by atoms with E-state index >= 15 is 0 Å². The molecule has 0 radical (unpaired) electrons. The summed E-state index contributed by atoms with van der Waals surface area (Å²) in [5.74, 6) is -0.470. The summed E-state index contributed by atoms with van der Waals surface area (Å²) >= 11 is 0. The maximum absolute atomic E-state index is 12.4. The number of aromatic hydroxyl groups is 2. The highest BCUT2D eigenvalue weighted by Gasteiger charge is 2.18. The van der Waals surface area contributed by atoms with E-state index in [9.17, 15) is 23.4 Å². The number of anilines is 1. The molecular formula is C22H24N4O6S. The monoisotopic (exact) mass is 472 g/mol. The molecule has 0 fully saturated rings. The number of amides is 1. The highest BCUT2D eigenvalue weighted by molar-refractivity contribution is 7.89. The summed E-state index contributed by atoms with van der Waals surface area (Å²) in [4.78, 5) is 13.1. The molecule has 11 heteroatoms. The van der Waals surface area contributed by atoms with Crippen molar-refractivity contribution < 1.29 is 28.2 Å². The number of carbonyl (C=O) groups excluding carboxylic acids is 1. The van der Waals surface area contributed by atoms with E-state index in [0.717, 1.165) is 0 Å². The number of sulfonamides is 1. The van der Waals surface area contributed by atoms with Crippen LogP contribution in [0.2, 0.25) is 0 Å². The fraction of sp³-hybridized carbons (Fsp3) is 0.227. The minimum atomic E-state index is -3.81. The fourth-order valence-electron chi connectivity index (χ4n) is 3.07. The van der Waals surface area contributed by atoms with E-state index in [1.807, 2.05) is 0 Å². The Morgan fingerprint density at radius 1 is 1.03 bits per heavy atom. The van der Waals surface area contributed by atoms with Crippen molar-refractivity contribution in [3.05, 3.63) is 48.5 Å². The summed E-state index contributed by atoms with van der Waals surface area (Å²) in [6, 6.07) is 11.5. The quantitative estimate of drug-likeness (QED) is 0.449. The van der Waals surface area contributed by atoms with E-state index < -0.39 is 16.1 Å². The summed E-state index contributed by atoms with van der Waals surface area (Å²) in [6.45, 7) is 3.38. The molecular weight excluding hydrogens is 448 g/mol. The Bertz CT molecular complexity index is 1340. The Hall–Kier alpha value is -3.70. The van der Waals surface area contributed by atoms with Crippen molar-refractivity contribution >= 4 is 44.0 Å². The van der Waals surface area contributed by atoms with Crippen molar-refractivity contribution in [2.24, 2.45) is 10.2 Å². The molecule has 0 aliphatic carbocycles. The lowest BCUT2D eigenvalue weighted by Crippen LogP contribution is -2.30. The average Bonchev–Trinajstić information content (AvgIpc) is 2.77. The van der Waals surface area contributed by atoms with Gasteiger partial charge in [-0.05, 0) is 55.6 Å². The molecule has 0 aromatic heterocycles. The van der Waals surface area contributed by atoms with Crippen LogP contribution in [0, 0.1) is 0 Å². The number of phenolic OH excluding ortho intramolecular Hbond substituents is 2. The topological polar surface area (TPSA) is 141 Å². The third-order valence-electron chi connectivity index (χ3n) is 4.70. The van der Waals surface area contributed by atoms with Crippen molar-refractivity contribution in [2.45, 2.75) is 24.8 Å². The predicted octanol–water partition coefficient (Wildman–Crippen LogP) is 4.56. The van der Waals surface area contributed by atoms with Crippen LogP contribution in [0.1, 0.15) is 13.8 Å². The molecule has 0 spiro atoms. The number of hydrogen-bond donors (Lipinski definition) is 3. The fourth-order valence-corrected chi connectivity index (χ4v) is 4.34. The molecule has 3 aromatic carbocycles. The molecule has 0 aliphatic heterocycles. The molecule has 1 amide bonds. The summed E-state index contributed by atoms with van der Waals surface area (Å²) < 4.78 is 32.1. The lowest BCUT2D eigenvalue weighted by molar-refractivity contribution is 0.180. The largest absolute Gasteiger partial charge is 0.506 e. The second-order valence-corrected chi connectivity index (χ2v) is 9.21. The van der Waals surface area contributed by atoms with Crippen LogP contribution in [0.25, 0.3) is 10.8 Å². The first kappa shape index (κ1) is 24.0. The summed E-state index contributed by atoms with van der Waals surface area (Å²) in [7, 11) is -1.01. The Morgan fingerprint density at radius 2 is 1.70 bits per heavy atom. The van der Waals surface area contributed by atoms with Gasteiger partial charge in [0.05, 0.1) is 12.0 Å². The lowest BCUT2D eigenvalue weighted by Gasteiger charge is -2.16. The Morgan fingerprint density at radius 3 is 2.36 bits per heavy atom. The maximum Gasteiger partial charge on any atom is 0.413 e. The molecule has 3 aromatic rings. The maximum atomic E-state index is 12.4. The van der Waals surface area contributed by atoms with Gasteiger partial charge in [0, 0.05) is 24.2 Å². The Kier molecular flexibility index (Phi) is 6.84. The van der Waals surface area contributed by atoms with E-state index in [4.69, 9.17) is 4.74 Å². The highest BCUT2D eigenvalue weighted by Crippen LogP contribution is 2.39. The van der Waals surface area contributed by atoms with Crippen molar-refractivity contribution in [1.82, 2.24) is 4.72 Å². The van der Waals surface area contributed by atoms with Crippen molar-refractivity contribution in [2.75, 3.05) is 19.1 Å². The van der Waals surface area contributed by atoms with Crippen LogP contribution in [-0.4, -0.2) is 44.9 Å². The van der Waals surface area contributed by atoms with Gasteiger partial charge in [0.25, 0.3) is 0 Å². The number of azo groups is 1. The van der Waals surface area contributed by atoms with Crippen LogP contribution in [0.5, 0.6) is 11.5 Å². The normalized spacial score (nSPS) is 11.9. The number of carbonyl (C=O) groups is 1. The molecule has 10 nitrogen and oxygen atoms in total. The van der Waals surface area contributed by atoms with E-state index in [1.165, 1.54) is 43.3 Å². The summed E-state index contributed by atoms with van der Waals surface area (Å²) in [5.41, 5.74) is 0.480. The van der Waals surface area contributed by atoms with Crippen molar-refractivity contribution in [3.63, 3.8) is 0 Å². The van der Waals surface area contributed by atoms with Gasteiger partial charge in [-0.25, -0.2) is 17.9 Å². The standard InChI is InChI=1S/C22H24N4O6S/c1-13(2)25-33(30,31)16-8-10-19(27)18(12-16)23-24-21-17-11-15(26(3)22(29)32-4)7-5-14(17)6-9-20(21)28/h5-13,25,27-28H,1-4H3. The van der Waals surface area contributed by atoms with E-state index in [0.29, 0.717) is 16.5 Å². The third kappa shape index (κ3) is 5.21. The number of hydrogen-bond acceptors (Lipinski definition) is 8. The zero-order valence-electron chi connectivity index (χ0n) is 18.5. The minimum absolute atomic E-state index is 0.0839. The van der Waals surface area contributed by atoms with Gasteiger partial charge in [-0.1, -0.05) is 12.1 Å². The number of benzene rings is 3. The SMILES string of the molecule is COC(=O)N(C)c1ccc2ccc(O)c(N=Nc3cc(S(=O)(=O)NC(C)C)ccc3O)c2c1. The molecule has 174 valence electrons. The first-order valence-corrected chi connectivity index (χ1v) is 11.4. The molecule has 0 aliphatic rings. The first-order valence-electron chi connectivity index (χ1n) is 9.88. The van der Waals surface area contributed by atoms with Gasteiger partial charge >= 0.3 is 6.09 Å². The highest BCUT2D eigenvalue weighted by atomic mass is 32.2. The molecule has 0 bridgehead atoms.